The number of aromatic nitrogens is 1. The number of hydrogen-bond donors (Lipinski definition) is 0. The first kappa shape index (κ1) is 14.1. The summed E-state index contributed by atoms with van der Waals surface area (Å²) >= 11 is 0. The predicted molar refractivity (Wildman–Crippen MR) is 87.1 cm³/mol. The number of ether oxygens (including phenoxy) is 1. The van der Waals surface area contributed by atoms with E-state index in [0.29, 0.717) is 5.75 Å². The monoisotopic (exact) mass is 292 g/mol. The second-order valence-electron chi connectivity index (χ2n) is 4.93. The summed E-state index contributed by atoms with van der Waals surface area (Å²) in [6.07, 6.45) is 1.75. The van der Waals surface area contributed by atoms with Crippen LogP contribution in [-0.4, -0.2) is 24.5 Å². The van der Waals surface area contributed by atoms with Crippen LogP contribution < -0.4 is 9.64 Å². The van der Waals surface area contributed by atoms with Gasteiger partial charge in [-0.2, -0.15) is 0 Å². The van der Waals surface area contributed by atoms with E-state index in [0.717, 1.165) is 16.6 Å². The highest BCUT2D eigenvalue weighted by atomic mass is 16.5. The quantitative estimate of drug-likeness (QED) is 0.741. The van der Waals surface area contributed by atoms with E-state index in [-0.39, 0.29) is 12.5 Å². The smallest absolute Gasteiger partial charge is 0.264 e. The van der Waals surface area contributed by atoms with Gasteiger partial charge in [-0.1, -0.05) is 24.3 Å². The fourth-order valence-electron chi connectivity index (χ4n) is 2.18. The molecule has 22 heavy (non-hydrogen) atoms. The Labute approximate surface area is 129 Å². The van der Waals surface area contributed by atoms with E-state index in [1.807, 2.05) is 60.7 Å². The molecule has 0 aliphatic heterocycles. The van der Waals surface area contributed by atoms with Crippen molar-refractivity contribution in [2.75, 3.05) is 18.6 Å². The molecular formula is C18H16N2O2. The molecule has 0 N–H and O–H groups in total. The minimum absolute atomic E-state index is 0.00281. The third kappa shape index (κ3) is 3.06. The number of likely N-dealkylation sites (N-methyl/N-ethyl adjacent to an activating group) is 1. The average Bonchev–Trinajstić information content (AvgIpc) is 2.59. The van der Waals surface area contributed by atoms with Gasteiger partial charge in [-0.25, -0.2) is 0 Å². The Kier molecular flexibility index (Phi) is 4.01. The topological polar surface area (TPSA) is 42.4 Å². The molecular weight excluding hydrogens is 276 g/mol. The van der Waals surface area contributed by atoms with Gasteiger partial charge < -0.3 is 9.64 Å². The first-order chi connectivity index (χ1) is 10.7. The summed E-state index contributed by atoms with van der Waals surface area (Å²) in [5.74, 6) is 0.563. The van der Waals surface area contributed by atoms with Gasteiger partial charge in [0.2, 0.25) is 0 Å². The van der Waals surface area contributed by atoms with Crippen molar-refractivity contribution < 1.29 is 9.53 Å². The molecule has 4 nitrogen and oxygen atoms in total. The lowest BCUT2D eigenvalue weighted by Gasteiger charge is -2.17. The first-order valence-corrected chi connectivity index (χ1v) is 7.03. The number of carbonyl (C=O) groups is 1. The van der Waals surface area contributed by atoms with E-state index in [2.05, 4.69) is 4.98 Å². The van der Waals surface area contributed by atoms with E-state index < -0.39 is 0 Å². The largest absolute Gasteiger partial charge is 0.484 e. The summed E-state index contributed by atoms with van der Waals surface area (Å²) in [7, 11) is 1.74. The van der Waals surface area contributed by atoms with Gasteiger partial charge >= 0.3 is 0 Å². The van der Waals surface area contributed by atoms with Crippen molar-refractivity contribution in [3.05, 3.63) is 66.9 Å². The number of pyridine rings is 1. The molecule has 0 fully saturated rings. The van der Waals surface area contributed by atoms with Crippen LogP contribution in [0.2, 0.25) is 0 Å². The highest BCUT2D eigenvalue weighted by molar-refractivity contribution is 5.93. The van der Waals surface area contributed by atoms with E-state index in [4.69, 9.17) is 4.74 Å². The molecule has 1 aromatic heterocycles. The molecule has 0 saturated heterocycles. The summed E-state index contributed by atoms with van der Waals surface area (Å²) in [5.41, 5.74) is 1.75. The molecule has 0 radical (unpaired) electrons. The van der Waals surface area contributed by atoms with Crippen molar-refractivity contribution in [1.29, 1.82) is 0 Å². The van der Waals surface area contributed by atoms with Gasteiger partial charge in [-0.3, -0.25) is 9.78 Å². The Hall–Kier alpha value is -2.88. The molecule has 0 atom stereocenters. The minimum Gasteiger partial charge on any atom is -0.484 e. The molecule has 0 aliphatic carbocycles. The zero-order valence-electron chi connectivity index (χ0n) is 12.3. The Morgan fingerprint density at radius 2 is 1.91 bits per heavy atom. The summed E-state index contributed by atoms with van der Waals surface area (Å²) in [6, 6.07) is 18.9. The van der Waals surface area contributed by atoms with Crippen LogP contribution in [0.1, 0.15) is 0 Å². The van der Waals surface area contributed by atoms with Gasteiger partial charge in [-0.15, -0.1) is 0 Å². The number of amides is 1. The van der Waals surface area contributed by atoms with Gasteiger partial charge in [0.15, 0.2) is 6.61 Å². The third-order valence-electron chi connectivity index (χ3n) is 3.45. The highest BCUT2D eigenvalue weighted by Crippen LogP contribution is 2.19. The molecule has 0 bridgehead atoms. The lowest BCUT2D eigenvalue weighted by atomic mass is 10.2. The molecule has 110 valence electrons. The first-order valence-electron chi connectivity index (χ1n) is 7.03. The van der Waals surface area contributed by atoms with Crippen molar-refractivity contribution in [3.8, 4) is 5.75 Å². The standard InChI is InChI=1S/C18H16N2O2/c1-20(15-7-3-2-4-8-15)18(21)13-22-16-9-10-17-14(12-16)6-5-11-19-17/h2-12H,13H2,1H3. The van der Waals surface area contributed by atoms with Crippen LogP contribution in [-0.2, 0) is 4.79 Å². The normalized spacial score (nSPS) is 10.4. The van der Waals surface area contributed by atoms with Crippen molar-refractivity contribution in [3.63, 3.8) is 0 Å². The van der Waals surface area contributed by atoms with Crippen molar-refractivity contribution in [2.24, 2.45) is 0 Å². The van der Waals surface area contributed by atoms with Crippen LogP contribution in [0.25, 0.3) is 10.9 Å². The summed E-state index contributed by atoms with van der Waals surface area (Å²) in [5, 5.41) is 0.990. The molecule has 1 heterocycles. The highest BCUT2D eigenvalue weighted by Gasteiger charge is 2.11. The van der Waals surface area contributed by atoms with E-state index in [9.17, 15) is 4.79 Å². The van der Waals surface area contributed by atoms with Gasteiger partial charge in [0.05, 0.1) is 5.52 Å². The summed E-state index contributed by atoms with van der Waals surface area (Å²) < 4.78 is 5.60. The van der Waals surface area contributed by atoms with Crippen molar-refractivity contribution in [1.82, 2.24) is 4.98 Å². The van der Waals surface area contributed by atoms with Crippen LogP contribution in [0, 0.1) is 0 Å². The average molecular weight is 292 g/mol. The molecule has 0 unspecified atom stereocenters. The van der Waals surface area contributed by atoms with Gasteiger partial charge in [-0.05, 0) is 36.4 Å². The van der Waals surface area contributed by atoms with Gasteiger partial charge in [0.25, 0.3) is 5.91 Å². The molecule has 3 aromatic rings. The van der Waals surface area contributed by atoms with Crippen molar-refractivity contribution >= 4 is 22.5 Å². The minimum atomic E-state index is -0.0996. The molecule has 1 amide bonds. The van der Waals surface area contributed by atoms with Crippen LogP contribution in [0.15, 0.2) is 66.9 Å². The lowest BCUT2D eigenvalue weighted by molar-refractivity contribution is -0.120. The van der Waals surface area contributed by atoms with Gasteiger partial charge in [0, 0.05) is 24.3 Å². The van der Waals surface area contributed by atoms with Crippen LogP contribution in [0.5, 0.6) is 5.75 Å². The number of benzene rings is 2. The molecule has 0 saturated carbocycles. The third-order valence-corrected chi connectivity index (χ3v) is 3.45. The zero-order chi connectivity index (χ0) is 15.4. The lowest BCUT2D eigenvalue weighted by Crippen LogP contribution is -2.31. The molecule has 4 heteroatoms. The van der Waals surface area contributed by atoms with E-state index in [1.165, 1.54) is 0 Å². The van der Waals surface area contributed by atoms with Crippen molar-refractivity contribution in [2.45, 2.75) is 0 Å². The maximum atomic E-state index is 12.2. The number of nitrogens with zero attached hydrogens (tertiary/aromatic N) is 2. The van der Waals surface area contributed by atoms with E-state index in [1.54, 1.807) is 18.1 Å². The second-order valence-corrected chi connectivity index (χ2v) is 4.93. The molecule has 3 rings (SSSR count). The Bertz CT molecular complexity index is 787. The SMILES string of the molecule is CN(C(=O)COc1ccc2ncccc2c1)c1ccccc1. The number of carbonyl (C=O) groups excluding carboxylic acids is 1. The number of hydrogen-bond acceptors (Lipinski definition) is 3. The zero-order valence-corrected chi connectivity index (χ0v) is 12.3. The molecule has 0 spiro atoms. The number of rotatable bonds is 4. The van der Waals surface area contributed by atoms with Gasteiger partial charge in [0.1, 0.15) is 5.75 Å². The maximum Gasteiger partial charge on any atom is 0.264 e. The Morgan fingerprint density at radius 3 is 2.73 bits per heavy atom. The second kappa shape index (κ2) is 6.26. The fraction of sp³-hybridized carbons (Fsp3) is 0.111. The maximum absolute atomic E-state index is 12.2. The summed E-state index contributed by atoms with van der Waals surface area (Å²) in [6.45, 7) is -0.00281. The fourth-order valence-corrected chi connectivity index (χ4v) is 2.18. The molecule has 2 aromatic carbocycles. The predicted octanol–water partition coefficient (Wildman–Crippen LogP) is 3.28. The number of fused-ring (bicyclic) bond motifs is 1. The van der Waals surface area contributed by atoms with E-state index >= 15 is 0 Å². The number of anilines is 1. The molecule has 0 aliphatic rings. The Balaban J connectivity index is 1.67. The number of para-hydroxylation sites is 1. The van der Waals surface area contributed by atoms with Crippen LogP contribution in [0.4, 0.5) is 5.69 Å². The van der Waals surface area contributed by atoms with Crippen LogP contribution in [0.3, 0.4) is 0 Å². The summed E-state index contributed by atoms with van der Waals surface area (Å²) in [4.78, 5) is 18.0. The van der Waals surface area contributed by atoms with Crippen LogP contribution >= 0.6 is 0 Å². The Morgan fingerprint density at radius 1 is 1.09 bits per heavy atom.